The highest BCUT2D eigenvalue weighted by Gasteiger charge is 2.09. The number of carbonyl (C=O) groups excluding carboxylic acids is 1. The lowest BCUT2D eigenvalue weighted by Gasteiger charge is -2.19. The molecule has 0 aromatic heterocycles. The zero-order chi connectivity index (χ0) is 13.4. The van der Waals surface area contributed by atoms with Gasteiger partial charge in [-0.05, 0) is 18.6 Å². The Morgan fingerprint density at radius 2 is 2.22 bits per heavy atom. The Bertz CT molecular complexity index is 405. The molecule has 2 N–H and O–H groups in total. The SMILES string of the molecule is C=CCN(CCO)CC(=O)Nc1ccccc1C. The van der Waals surface area contributed by atoms with E-state index < -0.39 is 0 Å². The molecule has 0 fully saturated rings. The second-order valence-electron chi connectivity index (χ2n) is 4.11. The van der Waals surface area contributed by atoms with Crippen LogP contribution in [0.3, 0.4) is 0 Å². The van der Waals surface area contributed by atoms with Gasteiger partial charge in [0.2, 0.25) is 5.91 Å². The van der Waals surface area contributed by atoms with E-state index in [2.05, 4.69) is 11.9 Å². The van der Waals surface area contributed by atoms with E-state index in [-0.39, 0.29) is 19.1 Å². The van der Waals surface area contributed by atoms with Gasteiger partial charge in [0.05, 0.1) is 13.2 Å². The molecule has 1 aromatic carbocycles. The van der Waals surface area contributed by atoms with Crippen LogP contribution in [0.1, 0.15) is 5.56 Å². The summed E-state index contributed by atoms with van der Waals surface area (Å²) in [6.07, 6.45) is 1.72. The number of rotatable bonds is 7. The summed E-state index contributed by atoms with van der Waals surface area (Å²) in [5.41, 5.74) is 1.85. The maximum absolute atomic E-state index is 11.9. The van der Waals surface area contributed by atoms with Crippen molar-refractivity contribution in [3.8, 4) is 0 Å². The Kier molecular flexibility index (Phi) is 6.11. The van der Waals surface area contributed by atoms with Crippen LogP contribution >= 0.6 is 0 Å². The summed E-state index contributed by atoms with van der Waals surface area (Å²) in [7, 11) is 0. The topological polar surface area (TPSA) is 52.6 Å². The van der Waals surface area contributed by atoms with Gasteiger partial charge < -0.3 is 10.4 Å². The number of carbonyl (C=O) groups is 1. The molecule has 0 aliphatic heterocycles. The first kappa shape index (κ1) is 14.4. The van der Waals surface area contributed by atoms with Crippen LogP contribution in [0.25, 0.3) is 0 Å². The van der Waals surface area contributed by atoms with Crippen LogP contribution in [0.4, 0.5) is 5.69 Å². The van der Waals surface area contributed by atoms with Crippen LogP contribution in [0.15, 0.2) is 36.9 Å². The fourth-order valence-corrected chi connectivity index (χ4v) is 1.66. The average Bonchev–Trinajstić information content (AvgIpc) is 2.33. The predicted molar refractivity (Wildman–Crippen MR) is 73.5 cm³/mol. The monoisotopic (exact) mass is 248 g/mol. The van der Waals surface area contributed by atoms with Gasteiger partial charge in [-0.15, -0.1) is 6.58 Å². The largest absolute Gasteiger partial charge is 0.395 e. The van der Waals surface area contributed by atoms with Crippen molar-refractivity contribution < 1.29 is 9.90 Å². The molecule has 0 radical (unpaired) electrons. The third kappa shape index (κ3) is 4.69. The number of aryl methyl sites for hydroxylation is 1. The van der Waals surface area contributed by atoms with E-state index >= 15 is 0 Å². The first-order chi connectivity index (χ1) is 8.67. The minimum Gasteiger partial charge on any atom is -0.395 e. The molecular weight excluding hydrogens is 228 g/mol. The summed E-state index contributed by atoms with van der Waals surface area (Å²) in [5, 5.41) is 11.8. The fourth-order valence-electron chi connectivity index (χ4n) is 1.66. The Morgan fingerprint density at radius 3 is 2.83 bits per heavy atom. The van der Waals surface area contributed by atoms with Crippen molar-refractivity contribution in [2.45, 2.75) is 6.92 Å². The van der Waals surface area contributed by atoms with Gasteiger partial charge in [0.1, 0.15) is 0 Å². The number of benzene rings is 1. The molecule has 0 heterocycles. The normalized spacial score (nSPS) is 10.4. The number of aliphatic hydroxyl groups excluding tert-OH is 1. The van der Waals surface area contributed by atoms with Gasteiger partial charge in [0.25, 0.3) is 0 Å². The number of hydrogen-bond acceptors (Lipinski definition) is 3. The zero-order valence-electron chi connectivity index (χ0n) is 10.7. The third-order valence-electron chi connectivity index (χ3n) is 2.59. The molecule has 98 valence electrons. The Hall–Kier alpha value is -1.65. The lowest BCUT2D eigenvalue weighted by molar-refractivity contribution is -0.117. The molecule has 4 heteroatoms. The maximum atomic E-state index is 11.9. The van der Waals surface area contributed by atoms with Gasteiger partial charge in [-0.3, -0.25) is 9.69 Å². The molecule has 4 nitrogen and oxygen atoms in total. The molecule has 1 aromatic rings. The summed E-state index contributed by atoms with van der Waals surface area (Å²) in [6, 6.07) is 7.64. The summed E-state index contributed by atoms with van der Waals surface area (Å²) in [5.74, 6) is -0.0837. The molecule has 0 saturated carbocycles. The quantitative estimate of drug-likeness (QED) is 0.717. The maximum Gasteiger partial charge on any atom is 0.238 e. The highest BCUT2D eigenvalue weighted by atomic mass is 16.3. The minimum atomic E-state index is -0.0837. The van der Waals surface area contributed by atoms with Gasteiger partial charge >= 0.3 is 0 Å². The van der Waals surface area contributed by atoms with Gasteiger partial charge in [0.15, 0.2) is 0 Å². The summed E-state index contributed by atoms with van der Waals surface area (Å²) < 4.78 is 0. The van der Waals surface area contributed by atoms with E-state index in [1.54, 1.807) is 6.08 Å². The van der Waals surface area contributed by atoms with E-state index in [1.165, 1.54) is 0 Å². The number of nitrogens with one attached hydrogen (secondary N) is 1. The Morgan fingerprint density at radius 1 is 1.50 bits per heavy atom. The first-order valence-corrected chi connectivity index (χ1v) is 5.97. The molecule has 0 aliphatic rings. The van der Waals surface area contributed by atoms with Crippen molar-refractivity contribution in [2.75, 3.05) is 31.6 Å². The van der Waals surface area contributed by atoms with Gasteiger partial charge in [-0.25, -0.2) is 0 Å². The van der Waals surface area contributed by atoms with Crippen LogP contribution in [-0.2, 0) is 4.79 Å². The highest BCUT2D eigenvalue weighted by molar-refractivity contribution is 5.92. The standard InChI is InChI=1S/C14H20N2O2/c1-3-8-16(9-10-17)11-14(18)15-13-7-5-4-6-12(13)2/h3-7,17H,1,8-11H2,2H3,(H,15,18). The van der Waals surface area contributed by atoms with Crippen molar-refractivity contribution in [2.24, 2.45) is 0 Å². The van der Waals surface area contributed by atoms with Crippen LogP contribution in [0.2, 0.25) is 0 Å². The smallest absolute Gasteiger partial charge is 0.238 e. The van der Waals surface area contributed by atoms with E-state index in [9.17, 15) is 4.79 Å². The number of para-hydroxylation sites is 1. The van der Waals surface area contributed by atoms with Crippen molar-refractivity contribution in [3.05, 3.63) is 42.5 Å². The molecule has 18 heavy (non-hydrogen) atoms. The van der Waals surface area contributed by atoms with Crippen molar-refractivity contribution in [1.29, 1.82) is 0 Å². The molecule has 1 amide bonds. The Labute approximate surface area is 108 Å². The molecule has 1 rings (SSSR count). The number of aliphatic hydroxyl groups is 1. The second-order valence-corrected chi connectivity index (χ2v) is 4.11. The molecule has 0 aliphatic carbocycles. The lowest BCUT2D eigenvalue weighted by atomic mass is 10.2. The molecule has 0 atom stereocenters. The molecule has 0 saturated heterocycles. The van der Waals surface area contributed by atoms with Crippen LogP contribution in [0, 0.1) is 6.92 Å². The first-order valence-electron chi connectivity index (χ1n) is 5.97. The van der Waals surface area contributed by atoms with Crippen LogP contribution in [0.5, 0.6) is 0 Å². The second kappa shape index (κ2) is 7.63. The summed E-state index contributed by atoms with van der Waals surface area (Å²) in [4.78, 5) is 13.7. The molecule has 0 spiro atoms. The fraction of sp³-hybridized carbons (Fsp3) is 0.357. The van der Waals surface area contributed by atoms with Gasteiger partial charge in [-0.1, -0.05) is 24.3 Å². The van der Waals surface area contributed by atoms with E-state index in [1.807, 2.05) is 36.1 Å². The van der Waals surface area contributed by atoms with Crippen molar-refractivity contribution in [1.82, 2.24) is 4.90 Å². The van der Waals surface area contributed by atoms with Crippen LogP contribution in [-0.4, -0.2) is 42.2 Å². The van der Waals surface area contributed by atoms with Crippen LogP contribution < -0.4 is 5.32 Å². The van der Waals surface area contributed by atoms with E-state index in [0.29, 0.717) is 13.1 Å². The molecule has 0 bridgehead atoms. The van der Waals surface area contributed by atoms with Gasteiger partial charge in [0, 0.05) is 18.8 Å². The summed E-state index contributed by atoms with van der Waals surface area (Å²) in [6.45, 7) is 6.92. The third-order valence-corrected chi connectivity index (χ3v) is 2.59. The Balaban J connectivity index is 2.54. The lowest BCUT2D eigenvalue weighted by Crippen LogP contribution is -2.35. The number of hydrogen-bond donors (Lipinski definition) is 2. The molecular formula is C14H20N2O2. The van der Waals surface area contributed by atoms with E-state index in [4.69, 9.17) is 5.11 Å². The zero-order valence-corrected chi connectivity index (χ0v) is 10.7. The number of anilines is 1. The molecule has 0 unspecified atom stereocenters. The average molecular weight is 248 g/mol. The highest BCUT2D eigenvalue weighted by Crippen LogP contribution is 2.12. The van der Waals surface area contributed by atoms with Gasteiger partial charge in [-0.2, -0.15) is 0 Å². The van der Waals surface area contributed by atoms with E-state index in [0.717, 1.165) is 11.3 Å². The number of amides is 1. The minimum absolute atomic E-state index is 0.0332. The van der Waals surface area contributed by atoms with Crippen molar-refractivity contribution in [3.63, 3.8) is 0 Å². The summed E-state index contributed by atoms with van der Waals surface area (Å²) >= 11 is 0. The number of nitrogens with zero attached hydrogens (tertiary/aromatic N) is 1. The van der Waals surface area contributed by atoms with Crippen molar-refractivity contribution >= 4 is 11.6 Å². The predicted octanol–water partition coefficient (Wildman–Crippen LogP) is 1.41.